The van der Waals surface area contributed by atoms with E-state index in [1.165, 1.54) is 0 Å². The number of methoxy groups -OCH3 is 4. The van der Waals surface area contributed by atoms with Gasteiger partial charge in [-0.05, 0) is 143 Å². The Morgan fingerprint density at radius 3 is 1.20 bits per heavy atom. The molecule has 0 aliphatic rings. The van der Waals surface area contributed by atoms with E-state index in [9.17, 15) is 39.1 Å². The molecule has 17 heteroatoms. The molecule has 17 nitrogen and oxygen atoms in total. The van der Waals surface area contributed by atoms with E-state index in [0.717, 1.165) is 67.1 Å². The van der Waals surface area contributed by atoms with E-state index in [1.807, 2.05) is 151 Å². The first-order valence-electron chi connectivity index (χ1n) is 30.3. The molecular weight excluding hydrogens is 1140 g/mol. The van der Waals surface area contributed by atoms with Crippen LogP contribution in [0.15, 0.2) is 146 Å². The van der Waals surface area contributed by atoms with Crippen molar-refractivity contribution in [3.63, 3.8) is 0 Å². The fraction of sp³-hybridized carbons (Fsp3) is 0.425. The van der Waals surface area contributed by atoms with Gasteiger partial charge in [-0.3, -0.25) is 34.0 Å². The van der Waals surface area contributed by atoms with Crippen molar-refractivity contribution in [2.24, 2.45) is 22.7 Å². The van der Waals surface area contributed by atoms with Crippen LogP contribution in [0.1, 0.15) is 133 Å². The van der Waals surface area contributed by atoms with Crippen LogP contribution in [0.2, 0.25) is 0 Å². The van der Waals surface area contributed by atoms with Crippen LogP contribution < -0.4 is 36.2 Å². The Morgan fingerprint density at radius 2 is 0.867 bits per heavy atom. The Bertz CT molecular complexity index is 3250. The minimum absolute atomic E-state index is 0. The summed E-state index contributed by atoms with van der Waals surface area (Å²) in [6, 6.07) is 44.8. The molecule has 7 N–H and O–H groups in total. The number of benzene rings is 6. The summed E-state index contributed by atoms with van der Waals surface area (Å²) in [5.74, 6) is -3.18. The van der Waals surface area contributed by atoms with Crippen LogP contribution in [0.3, 0.4) is 0 Å². The van der Waals surface area contributed by atoms with Crippen LogP contribution in [-0.2, 0) is 51.1 Å². The van der Waals surface area contributed by atoms with Crippen LogP contribution in [0.25, 0.3) is 22.3 Å². The summed E-state index contributed by atoms with van der Waals surface area (Å²) in [5.41, 5.74) is 11.0. The highest BCUT2D eigenvalue weighted by Gasteiger charge is 2.38. The molecule has 6 atom stereocenters. The maximum absolute atomic E-state index is 13.6. The number of hydrogen-bond acceptors (Lipinski definition) is 11. The maximum Gasteiger partial charge on any atom is 0.304 e. The van der Waals surface area contributed by atoms with Crippen LogP contribution in [0, 0.1) is 36.5 Å². The first kappa shape index (κ1) is 74.1. The number of hydrogen-bond donors (Lipinski definition) is 7. The molecule has 0 saturated carbocycles. The number of nitrogens with one attached hydrogen (secondary N) is 5. The molecule has 2 unspecified atom stereocenters. The zero-order chi connectivity index (χ0) is 65.3. The summed E-state index contributed by atoms with van der Waals surface area (Å²) in [6.07, 6.45) is 2.91. The van der Waals surface area contributed by atoms with Crippen molar-refractivity contribution in [2.75, 3.05) is 41.7 Å². The molecule has 0 bridgehead atoms. The van der Waals surface area contributed by atoms with Crippen molar-refractivity contribution in [1.29, 1.82) is 0 Å². The third kappa shape index (κ3) is 23.2. The van der Waals surface area contributed by atoms with Gasteiger partial charge in [0.15, 0.2) is 0 Å². The number of amides is 5. The number of carboxylic acid groups (broad SMARTS) is 1. The second-order valence-electron chi connectivity index (χ2n) is 24.7. The lowest BCUT2D eigenvalue weighted by molar-refractivity contribution is -0.142. The molecule has 6 aromatic rings. The summed E-state index contributed by atoms with van der Waals surface area (Å²) in [5, 5.41) is 30.6. The topological polar surface area (TPSA) is 240 Å². The van der Waals surface area contributed by atoms with Gasteiger partial charge in [-0.25, -0.2) is 5.48 Å². The summed E-state index contributed by atoms with van der Waals surface area (Å²) in [7, 11) is 6.43. The molecule has 0 heterocycles. The number of aryl methyl sites for hydroxylation is 4. The number of hydroxylamine groups is 1. The predicted molar refractivity (Wildman–Crippen MR) is 354 cm³/mol. The molecule has 0 aromatic heterocycles. The van der Waals surface area contributed by atoms with Crippen molar-refractivity contribution < 1.29 is 58.0 Å². The number of carboxylic acids is 1. The van der Waals surface area contributed by atoms with Gasteiger partial charge in [-0.1, -0.05) is 170 Å². The fourth-order valence-electron chi connectivity index (χ4n) is 10.8. The minimum atomic E-state index is -1.05. The molecule has 5 amide bonds. The average Bonchev–Trinajstić information content (AvgIpc) is 1.47. The van der Waals surface area contributed by atoms with E-state index < -0.39 is 70.5 Å². The van der Waals surface area contributed by atoms with E-state index >= 15 is 0 Å². The molecule has 0 radical (unpaired) electrons. The van der Waals surface area contributed by atoms with Gasteiger partial charge < -0.3 is 45.3 Å². The Kier molecular flexibility index (Phi) is 29.9. The zero-order valence-electron chi connectivity index (χ0n) is 53.9. The number of aliphatic carboxylic acids is 1. The van der Waals surface area contributed by atoms with E-state index in [1.54, 1.807) is 33.9 Å². The lowest BCUT2D eigenvalue weighted by Crippen LogP contribution is -2.55. The highest BCUT2D eigenvalue weighted by atomic mass is 16.5. The third-order valence-corrected chi connectivity index (χ3v) is 15.6. The first-order valence-corrected chi connectivity index (χ1v) is 30.3. The maximum atomic E-state index is 13.6. The predicted octanol–water partition coefficient (Wildman–Crippen LogP) is 12.3. The quantitative estimate of drug-likeness (QED) is 0.0165. The molecule has 0 spiro atoms. The SMILES string of the molecule is C.COCC(NC(=O)[C@@H](NC(=O)[C@H](CCCc1ccc(-c2cccc(OC)c2)c(C)c1)CC(=O)NO)C(C)(C)C)c1ccccc1.COCC(NC(=O)[C@@H](NC(=O)[C@H](CCCc1ccc(-c2cccc(OC)c2)c(C)c1)CC(=O)O)C(C)(C)C)c1ccccc1. The molecular formula is C73H97N5O12. The summed E-state index contributed by atoms with van der Waals surface area (Å²) >= 11 is 0. The Hall–Kier alpha value is -8.38. The van der Waals surface area contributed by atoms with Gasteiger partial charge in [0.05, 0.1) is 45.9 Å². The van der Waals surface area contributed by atoms with Crippen LogP contribution in [0.4, 0.5) is 0 Å². The van der Waals surface area contributed by atoms with Crippen molar-refractivity contribution >= 4 is 35.5 Å². The van der Waals surface area contributed by atoms with Crippen molar-refractivity contribution in [2.45, 2.75) is 138 Å². The lowest BCUT2D eigenvalue weighted by Gasteiger charge is -2.33. The van der Waals surface area contributed by atoms with E-state index in [4.69, 9.17) is 18.9 Å². The normalized spacial score (nSPS) is 13.2. The van der Waals surface area contributed by atoms with Gasteiger partial charge in [0.2, 0.25) is 29.5 Å². The molecule has 6 aromatic carbocycles. The van der Waals surface area contributed by atoms with Crippen molar-refractivity contribution in [3.05, 3.63) is 179 Å². The smallest absolute Gasteiger partial charge is 0.304 e. The number of rotatable bonds is 30. The largest absolute Gasteiger partial charge is 0.497 e. The lowest BCUT2D eigenvalue weighted by atomic mass is 9.85. The summed E-state index contributed by atoms with van der Waals surface area (Å²) in [4.78, 5) is 78.1. The first-order chi connectivity index (χ1) is 42.4. The van der Waals surface area contributed by atoms with E-state index in [-0.39, 0.29) is 45.3 Å². The van der Waals surface area contributed by atoms with Crippen LogP contribution in [-0.4, -0.2) is 99.6 Å². The van der Waals surface area contributed by atoms with Gasteiger partial charge in [0.1, 0.15) is 23.6 Å². The molecule has 90 heavy (non-hydrogen) atoms. The third-order valence-electron chi connectivity index (χ3n) is 15.6. The highest BCUT2D eigenvalue weighted by molar-refractivity contribution is 5.92. The molecule has 6 rings (SSSR count). The standard InChI is InChI=1S/C36H47N3O6.C36H46N2O6.CH4/c1-24-20-25(18-19-30(24)27-15-11-17-29(21-27)45-6)12-10-16-28(22-32(40)39-43)34(41)38-33(36(2,3)4)35(42)37-31(23-44-5)26-13-8-7-9-14-26;1-24-20-25(18-19-30(24)27-15-11-17-29(21-27)44-6)12-10-16-28(22-32(39)40)34(41)38-33(36(2,3)4)35(42)37-31(23-43-5)26-13-8-7-9-14-26;/h7-9,11,13-15,17-21,28,31,33,43H,10,12,16,22-23H2,1-6H3,(H,37,42)(H,38,41)(H,39,40);7-9,11,13-15,17-21,28,31,33H,10,12,16,22-23H2,1-6H3,(H,37,42)(H,38,41)(H,39,40);1H4/t2*28-,31?,33-;/m11./s1. The Balaban J connectivity index is 0.000000380. The molecule has 0 aliphatic carbocycles. The second-order valence-corrected chi connectivity index (χ2v) is 24.7. The summed E-state index contributed by atoms with van der Waals surface area (Å²) in [6.45, 7) is 15.9. The molecule has 0 aliphatic heterocycles. The van der Waals surface area contributed by atoms with E-state index in [2.05, 4.69) is 71.5 Å². The van der Waals surface area contributed by atoms with Gasteiger partial charge >= 0.3 is 5.97 Å². The zero-order valence-corrected chi connectivity index (χ0v) is 53.9. The second kappa shape index (κ2) is 36.3. The summed E-state index contributed by atoms with van der Waals surface area (Å²) < 4.78 is 21.4. The number of carbonyl (C=O) groups excluding carboxylic acids is 5. The molecule has 0 saturated heterocycles. The fourth-order valence-corrected chi connectivity index (χ4v) is 10.8. The monoisotopic (exact) mass is 1240 g/mol. The Labute approximate surface area is 533 Å². The van der Waals surface area contributed by atoms with Crippen LogP contribution in [0.5, 0.6) is 11.5 Å². The van der Waals surface area contributed by atoms with Gasteiger partial charge in [-0.15, -0.1) is 0 Å². The average molecular weight is 1240 g/mol. The molecule has 486 valence electrons. The molecule has 0 fully saturated rings. The van der Waals surface area contributed by atoms with Crippen LogP contribution >= 0.6 is 0 Å². The van der Waals surface area contributed by atoms with Gasteiger partial charge in [0.25, 0.3) is 0 Å². The van der Waals surface area contributed by atoms with Gasteiger partial charge in [-0.2, -0.15) is 0 Å². The van der Waals surface area contributed by atoms with Crippen molar-refractivity contribution in [1.82, 2.24) is 26.7 Å². The van der Waals surface area contributed by atoms with Gasteiger partial charge in [0, 0.05) is 32.5 Å². The van der Waals surface area contributed by atoms with Crippen molar-refractivity contribution in [3.8, 4) is 33.8 Å². The number of ether oxygens (including phenoxy) is 4. The minimum Gasteiger partial charge on any atom is -0.497 e. The Morgan fingerprint density at radius 1 is 0.478 bits per heavy atom. The number of carbonyl (C=O) groups is 6. The van der Waals surface area contributed by atoms with E-state index in [0.29, 0.717) is 38.5 Å². The highest BCUT2D eigenvalue weighted by Crippen LogP contribution is 2.31.